The minimum absolute atomic E-state index is 0.0129. The van der Waals surface area contributed by atoms with E-state index in [1.807, 2.05) is 0 Å². The fourth-order valence-electron chi connectivity index (χ4n) is 2.20. The van der Waals surface area contributed by atoms with Crippen LogP contribution in [0.5, 0.6) is 5.75 Å². The average molecular weight is 349 g/mol. The molecular weight excluding hydrogens is 337 g/mol. The number of carbonyl (C=O) groups is 1. The lowest BCUT2D eigenvalue weighted by Crippen LogP contribution is -2.14. The van der Waals surface area contributed by atoms with Gasteiger partial charge in [0.05, 0.1) is 17.6 Å². The van der Waals surface area contributed by atoms with Crippen molar-refractivity contribution in [3.8, 4) is 5.75 Å². The molecule has 0 aliphatic heterocycles. The lowest BCUT2D eigenvalue weighted by atomic mass is 10.1. The molecule has 0 saturated carbocycles. The molecule has 0 radical (unpaired) electrons. The van der Waals surface area contributed by atoms with Gasteiger partial charge < -0.3 is 9.92 Å². The van der Waals surface area contributed by atoms with E-state index in [9.17, 15) is 17.6 Å². The standard InChI is InChI=1S/C15H12FN3O4S/c16-9-2-1-3-11(6-9)24(21,22)23-10-4-5-13-12(7-10)14(19-18-13)8-15(17)20/h1-7H,8H2,(H2,17,20)(H,18,19). The van der Waals surface area contributed by atoms with Gasteiger partial charge in [-0.1, -0.05) is 6.07 Å². The van der Waals surface area contributed by atoms with Crippen LogP contribution in [-0.2, 0) is 21.3 Å². The number of H-pyrrole nitrogens is 1. The smallest absolute Gasteiger partial charge is 0.339 e. The Labute approximate surface area is 136 Å². The van der Waals surface area contributed by atoms with Gasteiger partial charge >= 0.3 is 10.1 Å². The summed E-state index contributed by atoms with van der Waals surface area (Å²) >= 11 is 0. The van der Waals surface area contributed by atoms with Gasteiger partial charge in [-0.3, -0.25) is 9.89 Å². The van der Waals surface area contributed by atoms with Crippen molar-refractivity contribution in [3.05, 3.63) is 54.0 Å². The van der Waals surface area contributed by atoms with Gasteiger partial charge in [-0.15, -0.1) is 0 Å². The second-order valence-corrected chi connectivity index (χ2v) is 6.57. The number of carbonyl (C=O) groups excluding carboxylic acids is 1. The van der Waals surface area contributed by atoms with E-state index in [1.54, 1.807) is 0 Å². The summed E-state index contributed by atoms with van der Waals surface area (Å²) in [5, 5.41) is 7.18. The van der Waals surface area contributed by atoms with Gasteiger partial charge in [-0.25, -0.2) is 4.39 Å². The van der Waals surface area contributed by atoms with Crippen molar-refractivity contribution >= 4 is 26.9 Å². The number of primary amides is 1. The van der Waals surface area contributed by atoms with Crippen molar-refractivity contribution in [2.24, 2.45) is 5.73 Å². The zero-order chi connectivity index (χ0) is 17.3. The van der Waals surface area contributed by atoms with E-state index in [2.05, 4.69) is 10.2 Å². The van der Waals surface area contributed by atoms with E-state index in [1.165, 1.54) is 30.3 Å². The normalized spacial score (nSPS) is 11.5. The number of amides is 1. The highest BCUT2D eigenvalue weighted by molar-refractivity contribution is 7.87. The van der Waals surface area contributed by atoms with Crippen LogP contribution in [0, 0.1) is 5.82 Å². The van der Waals surface area contributed by atoms with Gasteiger partial charge in [0.25, 0.3) is 0 Å². The number of fused-ring (bicyclic) bond motifs is 1. The molecule has 1 heterocycles. The van der Waals surface area contributed by atoms with Crippen LogP contribution >= 0.6 is 0 Å². The van der Waals surface area contributed by atoms with Gasteiger partial charge in [0.15, 0.2) is 0 Å². The summed E-state index contributed by atoms with van der Waals surface area (Å²) < 4.78 is 42.6. The lowest BCUT2D eigenvalue weighted by molar-refractivity contribution is -0.117. The van der Waals surface area contributed by atoms with Crippen molar-refractivity contribution in [3.63, 3.8) is 0 Å². The number of hydrogen-bond donors (Lipinski definition) is 2. The molecule has 3 N–H and O–H groups in total. The molecule has 1 amide bonds. The maximum Gasteiger partial charge on any atom is 0.339 e. The van der Waals surface area contributed by atoms with E-state index in [0.29, 0.717) is 16.6 Å². The Balaban J connectivity index is 1.96. The molecule has 0 spiro atoms. The summed E-state index contributed by atoms with van der Waals surface area (Å²) in [7, 11) is -4.19. The Hall–Kier alpha value is -2.94. The van der Waals surface area contributed by atoms with Crippen LogP contribution < -0.4 is 9.92 Å². The molecule has 0 atom stereocenters. The van der Waals surface area contributed by atoms with E-state index >= 15 is 0 Å². The Morgan fingerprint density at radius 2 is 2.04 bits per heavy atom. The molecule has 7 nitrogen and oxygen atoms in total. The number of benzene rings is 2. The summed E-state index contributed by atoms with van der Waals surface area (Å²) in [6.07, 6.45) is -0.0728. The van der Waals surface area contributed by atoms with Crippen molar-refractivity contribution in [2.75, 3.05) is 0 Å². The molecule has 3 aromatic rings. The third-order valence-electron chi connectivity index (χ3n) is 3.25. The van der Waals surface area contributed by atoms with Gasteiger partial charge in [0, 0.05) is 5.39 Å². The monoisotopic (exact) mass is 349 g/mol. The third kappa shape index (κ3) is 3.20. The zero-order valence-electron chi connectivity index (χ0n) is 12.2. The number of nitrogens with two attached hydrogens (primary N) is 1. The predicted molar refractivity (Wildman–Crippen MR) is 83.2 cm³/mol. The molecule has 3 rings (SSSR count). The number of hydrogen-bond acceptors (Lipinski definition) is 5. The van der Waals surface area contributed by atoms with E-state index in [0.717, 1.165) is 12.1 Å². The molecular formula is C15H12FN3O4S. The van der Waals surface area contributed by atoms with Crippen molar-refractivity contribution in [1.29, 1.82) is 0 Å². The maximum atomic E-state index is 13.2. The molecule has 9 heteroatoms. The topological polar surface area (TPSA) is 115 Å². The predicted octanol–water partition coefficient (Wildman–Crippen LogP) is 1.50. The molecule has 124 valence electrons. The number of halogens is 1. The van der Waals surface area contributed by atoms with Crippen LogP contribution in [0.25, 0.3) is 10.9 Å². The fraction of sp³-hybridized carbons (Fsp3) is 0.0667. The molecule has 0 aliphatic carbocycles. The summed E-state index contributed by atoms with van der Waals surface area (Å²) in [5.41, 5.74) is 6.13. The molecule has 24 heavy (non-hydrogen) atoms. The quantitative estimate of drug-likeness (QED) is 0.677. The summed E-state index contributed by atoms with van der Waals surface area (Å²) in [5.74, 6) is -1.23. The van der Waals surface area contributed by atoms with Crippen molar-refractivity contribution in [2.45, 2.75) is 11.3 Å². The molecule has 0 fully saturated rings. The minimum atomic E-state index is -4.19. The summed E-state index contributed by atoms with van der Waals surface area (Å²) in [6, 6.07) is 8.87. The van der Waals surface area contributed by atoms with E-state index in [-0.39, 0.29) is 17.1 Å². The van der Waals surface area contributed by atoms with E-state index < -0.39 is 21.8 Å². The Morgan fingerprint density at radius 3 is 2.75 bits per heavy atom. The molecule has 0 aliphatic rings. The van der Waals surface area contributed by atoms with Crippen LogP contribution in [0.3, 0.4) is 0 Å². The number of aromatic amines is 1. The molecule has 0 unspecified atom stereocenters. The number of aromatic nitrogens is 2. The number of nitrogens with zero attached hydrogens (tertiary/aromatic N) is 1. The highest BCUT2D eigenvalue weighted by Gasteiger charge is 2.18. The van der Waals surface area contributed by atoms with Gasteiger partial charge in [0.2, 0.25) is 5.91 Å². The number of nitrogens with one attached hydrogen (secondary N) is 1. The Kier molecular flexibility index (Phi) is 3.94. The van der Waals surface area contributed by atoms with Crippen LogP contribution in [0.1, 0.15) is 5.69 Å². The zero-order valence-corrected chi connectivity index (χ0v) is 13.0. The van der Waals surface area contributed by atoms with Gasteiger partial charge in [0.1, 0.15) is 16.5 Å². The first-order chi connectivity index (χ1) is 11.3. The van der Waals surface area contributed by atoms with Gasteiger partial charge in [-0.2, -0.15) is 13.5 Å². The first-order valence-corrected chi connectivity index (χ1v) is 8.21. The van der Waals surface area contributed by atoms with Crippen LogP contribution in [0.2, 0.25) is 0 Å². The SMILES string of the molecule is NC(=O)Cc1[nH]nc2ccc(OS(=O)(=O)c3cccc(F)c3)cc12. The average Bonchev–Trinajstić information content (AvgIpc) is 2.89. The molecule has 1 aromatic heterocycles. The fourth-order valence-corrected chi connectivity index (χ4v) is 3.16. The van der Waals surface area contributed by atoms with Crippen LogP contribution in [-0.4, -0.2) is 24.5 Å². The molecule has 2 aromatic carbocycles. The minimum Gasteiger partial charge on any atom is -0.379 e. The van der Waals surface area contributed by atoms with Gasteiger partial charge in [-0.05, 0) is 36.4 Å². The van der Waals surface area contributed by atoms with Crippen molar-refractivity contribution < 1.29 is 21.8 Å². The molecule has 0 saturated heterocycles. The summed E-state index contributed by atoms with van der Waals surface area (Å²) in [6.45, 7) is 0. The highest BCUT2D eigenvalue weighted by Crippen LogP contribution is 2.25. The van der Waals surface area contributed by atoms with Crippen LogP contribution in [0.4, 0.5) is 4.39 Å². The third-order valence-corrected chi connectivity index (χ3v) is 4.49. The van der Waals surface area contributed by atoms with Crippen molar-refractivity contribution in [1.82, 2.24) is 10.2 Å². The number of rotatable bonds is 5. The first kappa shape index (κ1) is 15.9. The highest BCUT2D eigenvalue weighted by atomic mass is 32.2. The van der Waals surface area contributed by atoms with Crippen LogP contribution in [0.15, 0.2) is 47.4 Å². The Bertz CT molecular complexity index is 1030. The lowest BCUT2D eigenvalue weighted by Gasteiger charge is -2.07. The second-order valence-electron chi connectivity index (χ2n) is 5.02. The van der Waals surface area contributed by atoms with E-state index in [4.69, 9.17) is 9.92 Å². The Morgan fingerprint density at radius 1 is 1.25 bits per heavy atom. The molecule has 0 bridgehead atoms. The summed E-state index contributed by atoms with van der Waals surface area (Å²) in [4.78, 5) is 10.8. The first-order valence-electron chi connectivity index (χ1n) is 6.80. The second kappa shape index (κ2) is 5.93. The largest absolute Gasteiger partial charge is 0.379 e. The maximum absolute atomic E-state index is 13.2.